The number of sulfonamides is 1. The fraction of sp³-hybridized carbons (Fsp3) is 0.778. The molecule has 0 atom stereocenters. The van der Waals surface area contributed by atoms with Gasteiger partial charge in [-0.1, -0.05) is 0 Å². The largest absolute Gasteiger partial charge is 0.481 e. The number of primary amides is 1. The molecule has 0 aromatic heterocycles. The van der Waals surface area contributed by atoms with Crippen molar-refractivity contribution in [2.75, 3.05) is 12.3 Å². The monoisotopic (exact) mass is 266 g/mol. The van der Waals surface area contributed by atoms with Gasteiger partial charge in [0.1, 0.15) is 0 Å². The van der Waals surface area contributed by atoms with Crippen molar-refractivity contribution in [2.24, 2.45) is 5.73 Å². The average Bonchev–Trinajstić information content (AvgIpc) is 2.15. The minimum atomic E-state index is -3.41. The van der Waals surface area contributed by atoms with Gasteiger partial charge < -0.3 is 10.8 Å². The van der Waals surface area contributed by atoms with E-state index in [1.54, 1.807) is 0 Å². The first kappa shape index (κ1) is 15.9. The Hall–Kier alpha value is -1.15. The number of nitrogens with two attached hydrogens (primary N) is 1. The highest BCUT2D eigenvalue weighted by Crippen LogP contribution is 1.97. The van der Waals surface area contributed by atoms with Gasteiger partial charge in [0.05, 0.1) is 5.75 Å². The molecule has 0 rings (SSSR count). The molecule has 0 fully saturated rings. The molecule has 0 saturated carbocycles. The lowest BCUT2D eigenvalue weighted by Crippen LogP contribution is -2.27. The fourth-order valence-electron chi connectivity index (χ4n) is 1.14. The minimum Gasteiger partial charge on any atom is -0.481 e. The number of carbonyl (C=O) groups excluding carboxylic acids is 1. The molecule has 17 heavy (non-hydrogen) atoms. The van der Waals surface area contributed by atoms with Crippen molar-refractivity contribution in [2.45, 2.75) is 32.1 Å². The van der Waals surface area contributed by atoms with Gasteiger partial charge in [0.2, 0.25) is 15.9 Å². The number of nitrogens with one attached hydrogen (secondary N) is 1. The summed E-state index contributed by atoms with van der Waals surface area (Å²) in [6.07, 6.45) is 1.23. The Bertz CT molecular complexity index is 352. The number of hydrogen-bond donors (Lipinski definition) is 3. The predicted octanol–water partition coefficient (Wildman–Crippen LogP) is -0.574. The molecule has 0 aromatic carbocycles. The molecule has 0 aliphatic heterocycles. The lowest BCUT2D eigenvalue weighted by molar-refractivity contribution is -0.137. The van der Waals surface area contributed by atoms with E-state index in [-0.39, 0.29) is 31.6 Å². The van der Waals surface area contributed by atoms with E-state index in [4.69, 9.17) is 10.8 Å². The molecule has 0 aliphatic carbocycles. The third kappa shape index (κ3) is 11.1. The van der Waals surface area contributed by atoms with Gasteiger partial charge in [-0.2, -0.15) is 0 Å². The third-order valence-electron chi connectivity index (χ3n) is 1.98. The molecule has 0 radical (unpaired) electrons. The first-order chi connectivity index (χ1) is 7.83. The molecule has 0 aliphatic rings. The Labute approximate surface area is 100 Å². The van der Waals surface area contributed by atoms with Crippen molar-refractivity contribution in [1.29, 1.82) is 0 Å². The highest BCUT2D eigenvalue weighted by Gasteiger charge is 2.10. The van der Waals surface area contributed by atoms with Gasteiger partial charge in [0.15, 0.2) is 0 Å². The summed E-state index contributed by atoms with van der Waals surface area (Å²) in [7, 11) is -3.41. The second-order valence-electron chi connectivity index (χ2n) is 3.63. The molecule has 0 aromatic rings. The van der Waals surface area contributed by atoms with Crippen molar-refractivity contribution < 1.29 is 23.1 Å². The topological polar surface area (TPSA) is 127 Å². The molecule has 0 unspecified atom stereocenters. The van der Waals surface area contributed by atoms with Gasteiger partial charge in [-0.3, -0.25) is 9.59 Å². The number of amides is 1. The molecule has 1 amide bonds. The van der Waals surface area contributed by atoms with E-state index >= 15 is 0 Å². The van der Waals surface area contributed by atoms with Crippen LogP contribution in [0.25, 0.3) is 0 Å². The Morgan fingerprint density at radius 2 is 1.76 bits per heavy atom. The number of aliphatic carboxylic acids is 1. The van der Waals surface area contributed by atoms with E-state index in [9.17, 15) is 18.0 Å². The van der Waals surface area contributed by atoms with Crippen LogP contribution in [-0.2, 0) is 19.6 Å². The lowest BCUT2D eigenvalue weighted by Gasteiger charge is -2.05. The maximum atomic E-state index is 11.3. The highest BCUT2D eigenvalue weighted by molar-refractivity contribution is 7.89. The molecule has 0 heterocycles. The third-order valence-corrected chi connectivity index (χ3v) is 3.45. The van der Waals surface area contributed by atoms with Crippen LogP contribution in [0.3, 0.4) is 0 Å². The number of rotatable bonds is 10. The van der Waals surface area contributed by atoms with Crippen LogP contribution >= 0.6 is 0 Å². The second kappa shape index (κ2) is 8.02. The second-order valence-corrected chi connectivity index (χ2v) is 5.56. The summed E-state index contributed by atoms with van der Waals surface area (Å²) in [6.45, 7) is 0.239. The number of carboxylic acids is 1. The smallest absolute Gasteiger partial charge is 0.303 e. The Kier molecular flexibility index (Phi) is 7.47. The van der Waals surface area contributed by atoms with Crippen LogP contribution in [0.5, 0.6) is 0 Å². The zero-order chi connectivity index (χ0) is 13.3. The molecule has 0 bridgehead atoms. The maximum Gasteiger partial charge on any atom is 0.303 e. The van der Waals surface area contributed by atoms with E-state index in [0.29, 0.717) is 12.8 Å². The van der Waals surface area contributed by atoms with E-state index in [0.717, 1.165) is 0 Å². The van der Waals surface area contributed by atoms with Crippen molar-refractivity contribution in [3.63, 3.8) is 0 Å². The van der Waals surface area contributed by atoms with Gasteiger partial charge in [0.25, 0.3) is 0 Å². The Morgan fingerprint density at radius 3 is 2.29 bits per heavy atom. The van der Waals surface area contributed by atoms with Gasteiger partial charge in [-0.05, 0) is 19.3 Å². The van der Waals surface area contributed by atoms with Gasteiger partial charge in [-0.25, -0.2) is 13.1 Å². The Balaban J connectivity index is 3.64. The van der Waals surface area contributed by atoms with Crippen LogP contribution in [-0.4, -0.2) is 37.7 Å². The molecule has 4 N–H and O–H groups in total. The Morgan fingerprint density at radius 1 is 1.12 bits per heavy atom. The number of carboxylic acid groups (broad SMARTS) is 1. The number of carbonyl (C=O) groups is 2. The molecule has 0 spiro atoms. The van der Waals surface area contributed by atoms with Crippen molar-refractivity contribution in [1.82, 2.24) is 4.72 Å². The van der Waals surface area contributed by atoms with Crippen molar-refractivity contribution in [3.8, 4) is 0 Å². The van der Waals surface area contributed by atoms with Crippen LogP contribution in [0.1, 0.15) is 32.1 Å². The van der Waals surface area contributed by atoms with Gasteiger partial charge in [-0.15, -0.1) is 0 Å². The summed E-state index contributed by atoms with van der Waals surface area (Å²) in [6, 6.07) is 0. The molecule has 0 saturated heterocycles. The van der Waals surface area contributed by atoms with Gasteiger partial charge in [0, 0.05) is 19.4 Å². The van der Waals surface area contributed by atoms with Crippen LogP contribution in [0.15, 0.2) is 0 Å². The van der Waals surface area contributed by atoms with E-state index in [1.165, 1.54) is 0 Å². The lowest BCUT2D eigenvalue weighted by atomic mass is 10.2. The van der Waals surface area contributed by atoms with E-state index < -0.39 is 21.9 Å². The molecule has 100 valence electrons. The predicted molar refractivity (Wildman–Crippen MR) is 61.7 cm³/mol. The summed E-state index contributed by atoms with van der Waals surface area (Å²) in [5, 5.41) is 8.35. The SMILES string of the molecule is NC(=O)CCCCNS(=O)(=O)CCCC(=O)O. The molecular formula is C9H18N2O5S. The molecular weight excluding hydrogens is 248 g/mol. The quantitative estimate of drug-likeness (QED) is 0.456. The van der Waals surface area contributed by atoms with E-state index in [2.05, 4.69) is 4.72 Å². The summed E-state index contributed by atoms with van der Waals surface area (Å²) in [5.41, 5.74) is 4.92. The average molecular weight is 266 g/mol. The molecule has 8 heteroatoms. The standard InChI is InChI=1S/C9H18N2O5S/c10-8(12)4-1-2-6-11-17(15,16)7-3-5-9(13)14/h11H,1-7H2,(H2,10,12)(H,13,14). The summed E-state index contributed by atoms with van der Waals surface area (Å²) < 4.78 is 25.0. The van der Waals surface area contributed by atoms with Crippen LogP contribution in [0.4, 0.5) is 0 Å². The zero-order valence-corrected chi connectivity index (χ0v) is 10.3. The van der Waals surface area contributed by atoms with Crippen LogP contribution in [0.2, 0.25) is 0 Å². The van der Waals surface area contributed by atoms with Crippen LogP contribution in [0, 0.1) is 0 Å². The minimum absolute atomic E-state index is 0.0892. The number of hydrogen-bond acceptors (Lipinski definition) is 4. The normalized spacial score (nSPS) is 11.3. The summed E-state index contributed by atoms with van der Waals surface area (Å²) >= 11 is 0. The fourth-order valence-corrected chi connectivity index (χ4v) is 2.26. The first-order valence-electron chi connectivity index (χ1n) is 5.31. The van der Waals surface area contributed by atoms with E-state index in [1.807, 2.05) is 0 Å². The molecule has 7 nitrogen and oxygen atoms in total. The maximum absolute atomic E-state index is 11.3. The van der Waals surface area contributed by atoms with Gasteiger partial charge >= 0.3 is 5.97 Å². The summed E-state index contributed by atoms with van der Waals surface area (Å²) in [5.74, 6) is -1.62. The number of unbranched alkanes of at least 4 members (excludes halogenated alkanes) is 1. The van der Waals surface area contributed by atoms with Crippen molar-refractivity contribution >= 4 is 21.9 Å². The first-order valence-corrected chi connectivity index (χ1v) is 6.96. The summed E-state index contributed by atoms with van der Waals surface area (Å²) in [4.78, 5) is 20.6. The van der Waals surface area contributed by atoms with Crippen molar-refractivity contribution in [3.05, 3.63) is 0 Å². The van der Waals surface area contributed by atoms with Crippen LogP contribution < -0.4 is 10.5 Å². The highest BCUT2D eigenvalue weighted by atomic mass is 32.2. The zero-order valence-electron chi connectivity index (χ0n) is 9.52.